The second-order valence-corrected chi connectivity index (χ2v) is 3.19. The standard InChI is InChI=1S/C9H12ClN3/c1-7(11)6-13(12)9-4-2-8(10)3-5-9/h2-6H,11-12H2,1H3/b7-6-. The summed E-state index contributed by atoms with van der Waals surface area (Å²) in [5, 5.41) is 2.14. The maximum absolute atomic E-state index is 5.72. The molecular weight excluding hydrogens is 186 g/mol. The van der Waals surface area contributed by atoms with Crippen LogP contribution in [0.2, 0.25) is 5.02 Å². The number of hydrazine groups is 1. The van der Waals surface area contributed by atoms with Crippen molar-refractivity contribution in [1.29, 1.82) is 0 Å². The van der Waals surface area contributed by atoms with Crippen LogP contribution in [0, 0.1) is 0 Å². The van der Waals surface area contributed by atoms with E-state index in [9.17, 15) is 0 Å². The SMILES string of the molecule is C/C(N)=C/N(N)c1ccc(Cl)cc1. The maximum atomic E-state index is 5.72. The highest BCUT2D eigenvalue weighted by molar-refractivity contribution is 6.30. The number of allylic oxidation sites excluding steroid dienone is 1. The Balaban J connectivity index is 2.83. The van der Waals surface area contributed by atoms with Gasteiger partial charge in [0.15, 0.2) is 0 Å². The van der Waals surface area contributed by atoms with Crippen LogP contribution in [0.15, 0.2) is 36.2 Å². The van der Waals surface area contributed by atoms with E-state index in [2.05, 4.69) is 0 Å². The minimum absolute atomic E-state index is 0.650. The van der Waals surface area contributed by atoms with Gasteiger partial charge in [-0.2, -0.15) is 0 Å². The molecule has 0 heterocycles. The zero-order valence-electron chi connectivity index (χ0n) is 7.37. The van der Waals surface area contributed by atoms with E-state index in [0.29, 0.717) is 10.7 Å². The van der Waals surface area contributed by atoms with Crippen molar-refractivity contribution in [2.75, 3.05) is 5.01 Å². The van der Waals surface area contributed by atoms with Gasteiger partial charge in [-0.25, -0.2) is 5.84 Å². The van der Waals surface area contributed by atoms with Crippen LogP contribution in [-0.2, 0) is 0 Å². The topological polar surface area (TPSA) is 55.3 Å². The Kier molecular flexibility index (Phi) is 3.17. The van der Waals surface area contributed by atoms with Crippen LogP contribution >= 0.6 is 11.6 Å². The second kappa shape index (κ2) is 4.16. The van der Waals surface area contributed by atoms with Gasteiger partial charge in [-0.1, -0.05) is 11.6 Å². The van der Waals surface area contributed by atoms with Crippen LogP contribution in [0.4, 0.5) is 5.69 Å². The van der Waals surface area contributed by atoms with Gasteiger partial charge in [0.25, 0.3) is 0 Å². The molecule has 4 heteroatoms. The molecule has 4 N–H and O–H groups in total. The molecule has 0 aliphatic carbocycles. The summed E-state index contributed by atoms with van der Waals surface area (Å²) in [6.45, 7) is 1.77. The number of nitrogens with two attached hydrogens (primary N) is 2. The molecule has 3 nitrogen and oxygen atoms in total. The van der Waals surface area contributed by atoms with Crippen LogP contribution in [0.3, 0.4) is 0 Å². The summed E-state index contributed by atoms with van der Waals surface area (Å²) in [6.07, 6.45) is 1.64. The van der Waals surface area contributed by atoms with Crippen molar-refractivity contribution in [2.24, 2.45) is 11.6 Å². The molecule has 0 spiro atoms. The fraction of sp³-hybridized carbons (Fsp3) is 0.111. The van der Waals surface area contributed by atoms with Crippen molar-refractivity contribution in [3.63, 3.8) is 0 Å². The lowest BCUT2D eigenvalue weighted by atomic mass is 10.3. The predicted octanol–water partition coefficient (Wildman–Crippen LogP) is 1.84. The molecule has 0 unspecified atom stereocenters. The molecule has 0 saturated carbocycles. The molecule has 1 aromatic rings. The highest BCUT2D eigenvalue weighted by atomic mass is 35.5. The van der Waals surface area contributed by atoms with Crippen molar-refractivity contribution in [2.45, 2.75) is 6.92 Å². The van der Waals surface area contributed by atoms with Gasteiger partial charge in [-0.3, -0.25) is 5.01 Å². The Morgan fingerprint density at radius 3 is 2.38 bits per heavy atom. The van der Waals surface area contributed by atoms with Gasteiger partial charge < -0.3 is 5.73 Å². The molecule has 0 radical (unpaired) electrons. The summed E-state index contributed by atoms with van der Waals surface area (Å²) >= 11 is 5.72. The van der Waals surface area contributed by atoms with E-state index in [4.69, 9.17) is 23.2 Å². The monoisotopic (exact) mass is 197 g/mol. The summed E-state index contributed by atoms with van der Waals surface area (Å²) in [7, 11) is 0. The summed E-state index contributed by atoms with van der Waals surface area (Å²) in [5.74, 6) is 5.68. The number of nitrogens with zero attached hydrogens (tertiary/aromatic N) is 1. The lowest BCUT2D eigenvalue weighted by molar-refractivity contribution is 1.05. The van der Waals surface area contributed by atoms with Gasteiger partial charge in [-0.05, 0) is 31.2 Å². The van der Waals surface area contributed by atoms with Crippen molar-refractivity contribution in [1.82, 2.24) is 0 Å². The molecule has 0 amide bonds. The fourth-order valence-electron chi connectivity index (χ4n) is 0.907. The first kappa shape index (κ1) is 9.89. The first-order valence-electron chi connectivity index (χ1n) is 3.83. The summed E-state index contributed by atoms with van der Waals surface area (Å²) < 4.78 is 0. The number of benzene rings is 1. The largest absolute Gasteiger partial charge is 0.401 e. The van der Waals surface area contributed by atoms with Crippen molar-refractivity contribution >= 4 is 17.3 Å². The average Bonchev–Trinajstić information content (AvgIpc) is 2.04. The second-order valence-electron chi connectivity index (χ2n) is 2.76. The van der Waals surface area contributed by atoms with E-state index in [1.165, 1.54) is 5.01 Å². The van der Waals surface area contributed by atoms with Crippen LogP contribution in [0.25, 0.3) is 0 Å². The predicted molar refractivity (Wildman–Crippen MR) is 56.1 cm³/mol. The van der Waals surface area contributed by atoms with Gasteiger partial charge in [0.1, 0.15) is 0 Å². The van der Waals surface area contributed by atoms with E-state index in [1.807, 2.05) is 12.1 Å². The Labute approximate surface area is 82.5 Å². The van der Waals surface area contributed by atoms with E-state index >= 15 is 0 Å². The number of hydrogen-bond donors (Lipinski definition) is 2. The van der Waals surface area contributed by atoms with Crippen LogP contribution in [-0.4, -0.2) is 0 Å². The Morgan fingerprint density at radius 1 is 1.38 bits per heavy atom. The van der Waals surface area contributed by atoms with Gasteiger partial charge in [0.2, 0.25) is 0 Å². The minimum Gasteiger partial charge on any atom is -0.401 e. The van der Waals surface area contributed by atoms with Crippen LogP contribution in [0.5, 0.6) is 0 Å². The third kappa shape index (κ3) is 2.97. The highest BCUT2D eigenvalue weighted by Gasteiger charge is 1.96. The Bertz CT molecular complexity index is 301. The third-order valence-electron chi connectivity index (χ3n) is 1.47. The first-order chi connectivity index (χ1) is 6.09. The zero-order valence-corrected chi connectivity index (χ0v) is 8.12. The zero-order chi connectivity index (χ0) is 9.84. The van der Waals surface area contributed by atoms with Gasteiger partial charge in [0, 0.05) is 16.9 Å². The Morgan fingerprint density at radius 2 is 1.92 bits per heavy atom. The molecule has 0 aromatic heterocycles. The molecule has 0 fully saturated rings. The first-order valence-corrected chi connectivity index (χ1v) is 4.21. The average molecular weight is 198 g/mol. The molecule has 1 rings (SSSR count). The number of hydrogen-bond acceptors (Lipinski definition) is 3. The lowest BCUT2D eigenvalue weighted by Crippen LogP contribution is -2.25. The lowest BCUT2D eigenvalue weighted by Gasteiger charge is -2.13. The van der Waals surface area contributed by atoms with Crippen molar-refractivity contribution < 1.29 is 0 Å². The number of rotatable bonds is 2. The van der Waals surface area contributed by atoms with Gasteiger partial charge in [-0.15, -0.1) is 0 Å². The molecular formula is C9H12ClN3. The molecule has 1 aromatic carbocycles. The highest BCUT2D eigenvalue weighted by Crippen LogP contribution is 2.15. The van der Waals surface area contributed by atoms with Crippen molar-refractivity contribution in [3.8, 4) is 0 Å². The summed E-state index contributed by atoms with van der Waals surface area (Å²) in [5.41, 5.74) is 6.97. The molecule has 0 aliphatic rings. The smallest absolute Gasteiger partial charge is 0.0570 e. The van der Waals surface area contributed by atoms with Crippen molar-refractivity contribution in [3.05, 3.63) is 41.2 Å². The number of anilines is 1. The normalized spacial score (nSPS) is 11.5. The summed E-state index contributed by atoms with van der Waals surface area (Å²) in [4.78, 5) is 0. The Hall–Kier alpha value is -1.19. The van der Waals surface area contributed by atoms with Gasteiger partial charge in [0.05, 0.1) is 5.69 Å². The number of halogens is 1. The quantitative estimate of drug-likeness (QED) is 0.562. The molecule has 70 valence electrons. The summed E-state index contributed by atoms with van der Waals surface area (Å²) in [6, 6.07) is 7.19. The minimum atomic E-state index is 0.650. The maximum Gasteiger partial charge on any atom is 0.0570 e. The third-order valence-corrected chi connectivity index (χ3v) is 1.72. The molecule has 0 bridgehead atoms. The van der Waals surface area contributed by atoms with E-state index < -0.39 is 0 Å². The molecule has 13 heavy (non-hydrogen) atoms. The van der Waals surface area contributed by atoms with E-state index in [1.54, 1.807) is 25.3 Å². The molecule has 0 saturated heterocycles. The van der Waals surface area contributed by atoms with Crippen LogP contribution in [0.1, 0.15) is 6.92 Å². The molecule has 0 aliphatic heterocycles. The fourth-order valence-corrected chi connectivity index (χ4v) is 1.03. The molecule has 0 atom stereocenters. The van der Waals surface area contributed by atoms with Crippen LogP contribution < -0.4 is 16.6 Å². The van der Waals surface area contributed by atoms with E-state index in [-0.39, 0.29) is 0 Å². The van der Waals surface area contributed by atoms with E-state index in [0.717, 1.165) is 5.69 Å². The van der Waals surface area contributed by atoms with Gasteiger partial charge >= 0.3 is 0 Å².